The van der Waals surface area contributed by atoms with Crippen molar-refractivity contribution in [2.75, 3.05) is 32.2 Å². The van der Waals surface area contributed by atoms with Crippen molar-refractivity contribution in [3.63, 3.8) is 0 Å². The van der Waals surface area contributed by atoms with Crippen LogP contribution < -0.4 is 0 Å². The van der Waals surface area contributed by atoms with Crippen molar-refractivity contribution in [3.05, 3.63) is 0 Å². The topological polar surface area (TPSA) is 29.5 Å². The van der Waals surface area contributed by atoms with Gasteiger partial charge in [-0.25, -0.2) is 0 Å². The first kappa shape index (κ1) is 15.8. The number of thioether (sulfide) groups is 1. The number of hydrogen-bond acceptors (Lipinski definition) is 4. The van der Waals surface area contributed by atoms with E-state index in [1.165, 1.54) is 0 Å². The lowest BCUT2D eigenvalue weighted by Crippen LogP contribution is -2.37. The van der Waals surface area contributed by atoms with Crippen LogP contribution in [0.25, 0.3) is 0 Å². The molecule has 0 aliphatic heterocycles. The molecule has 0 N–H and O–H groups in total. The fourth-order valence-electron chi connectivity index (χ4n) is 1.46. The highest BCUT2D eigenvalue weighted by Gasteiger charge is 2.15. The predicted octanol–water partition coefficient (Wildman–Crippen LogP) is 2.40. The molecule has 1 atom stereocenters. The van der Waals surface area contributed by atoms with Gasteiger partial charge < -0.3 is 4.74 Å². The van der Waals surface area contributed by atoms with Crippen LogP contribution in [0.2, 0.25) is 0 Å². The van der Waals surface area contributed by atoms with Crippen LogP contribution in [0.15, 0.2) is 0 Å². The Morgan fingerprint density at radius 2 is 2.12 bits per heavy atom. The summed E-state index contributed by atoms with van der Waals surface area (Å²) in [5, 5.41) is 0. The highest BCUT2D eigenvalue weighted by atomic mass is 32.2. The maximum Gasteiger partial charge on any atom is 0.320 e. The number of hydrogen-bond donors (Lipinski definition) is 0. The Balaban J connectivity index is 3.82. The normalized spacial score (nSPS) is 12.8. The van der Waals surface area contributed by atoms with Gasteiger partial charge in [-0.15, -0.1) is 0 Å². The van der Waals surface area contributed by atoms with E-state index >= 15 is 0 Å². The maximum atomic E-state index is 11.5. The van der Waals surface area contributed by atoms with Crippen molar-refractivity contribution >= 4 is 17.7 Å². The molecule has 0 aliphatic rings. The molecule has 0 saturated carbocycles. The molecule has 0 amide bonds. The fourth-order valence-corrected chi connectivity index (χ4v) is 2.33. The minimum Gasteiger partial charge on any atom is -0.465 e. The van der Waals surface area contributed by atoms with E-state index in [4.69, 9.17) is 4.74 Å². The molecule has 0 aromatic heterocycles. The molecule has 0 bridgehead atoms. The number of unbranched alkanes of at least 4 members (excludes halogenated alkanes) is 1. The van der Waals surface area contributed by atoms with Crippen LogP contribution in [0.4, 0.5) is 0 Å². The van der Waals surface area contributed by atoms with Gasteiger partial charge in [0.05, 0.1) is 13.2 Å². The van der Waals surface area contributed by atoms with Gasteiger partial charge in [0, 0.05) is 11.8 Å². The molecule has 0 fully saturated rings. The Bertz CT molecular complexity index is 188. The van der Waals surface area contributed by atoms with Crippen LogP contribution >= 0.6 is 11.8 Å². The van der Waals surface area contributed by atoms with Crippen LogP contribution in [0.1, 0.15) is 33.1 Å². The quantitative estimate of drug-likeness (QED) is 0.462. The van der Waals surface area contributed by atoms with E-state index in [0.717, 1.165) is 25.0 Å². The zero-order valence-corrected chi connectivity index (χ0v) is 11.8. The molecule has 4 heteroatoms. The van der Waals surface area contributed by atoms with Gasteiger partial charge in [-0.05, 0) is 26.1 Å². The van der Waals surface area contributed by atoms with E-state index in [9.17, 15) is 4.79 Å². The largest absolute Gasteiger partial charge is 0.465 e. The van der Waals surface area contributed by atoms with Crippen LogP contribution in [-0.2, 0) is 9.53 Å². The highest BCUT2D eigenvalue weighted by molar-refractivity contribution is 7.98. The van der Waals surface area contributed by atoms with Gasteiger partial charge in [-0.2, -0.15) is 11.8 Å². The summed E-state index contributed by atoms with van der Waals surface area (Å²) in [6, 6.07) is 0.466. The number of nitrogens with zero attached hydrogens (tertiary/aromatic N) is 1. The van der Waals surface area contributed by atoms with E-state index < -0.39 is 0 Å². The maximum absolute atomic E-state index is 11.5. The molecule has 0 aliphatic carbocycles. The van der Waals surface area contributed by atoms with Gasteiger partial charge in [-0.3, -0.25) is 9.69 Å². The minimum absolute atomic E-state index is 0.101. The number of ether oxygens (including phenoxy) is 1. The summed E-state index contributed by atoms with van der Waals surface area (Å²) in [7, 11) is 1.99. The average Bonchev–Trinajstić information content (AvgIpc) is 2.26. The average molecular weight is 247 g/mol. The molecule has 0 aromatic carbocycles. The monoisotopic (exact) mass is 247 g/mol. The second kappa shape index (κ2) is 9.97. The lowest BCUT2D eigenvalue weighted by molar-refractivity contribution is -0.145. The summed E-state index contributed by atoms with van der Waals surface area (Å²) in [6.07, 6.45) is 5.18. The number of rotatable bonds is 9. The third kappa shape index (κ3) is 7.12. The summed E-state index contributed by atoms with van der Waals surface area (Å²) in [4.78, 5) is 13.6. The Kier molecular flexibility index (Phi) is 9.83. The highest BCUT2D eigenvalue weighted by Crippen LogP contribution is 2.08. The van der Waals surface area contributed by atoms with Crippen molar-refractivity contribution in [1.82, 2.24) is 4.90 Å². The van der Waals surface area contributed by atoms with Crippen LogP contribution in [0, 0.1) is 0 Å². The third-order valence-corrected chi connectivity index (χ3v) is 3.31. The molecule has 0 heterocycles. The zero-order valence-electron chi connectivity index (χ0n) is 11.0. The summed E-state index contributed by atoms with van der Waals surface area (Å²) < 4.78 is 5.14. The van der Waals surface area contributed by atoms with E-state index in [2.05, 4.69) is 25.0 Å². The number of carbonyl (C=O) groups excluding carboxylic acids is 1. The van der Waals surface area contributed by atoms with Crippen molar-refractivity contribution in [3.8, 4) is 0 Å². The van der Waals surface area contributed by atoms with Crippen molar-refractivity contribution in [2.45, 2.75) is 39.2 Å². The Morgan fingerprint density at radius 1 is 1.44 bits per heavy atom. The standard InChI is InChI=1S/C12H25NO2S/c1-5-7-8-15-12(14)9-13(3)11(6-2)10-16-4/h11H,5-10H2,1-4H3. The smallest absolute Gasteiger partial charge is 0.320 e. The van der Waals surface area contributed by atoms with E-state index in [0.29, 0.717) is 19.2 Å². The van der Waals surface area contributed by atoms with Gasteiger partial charge in [0.15, 0.2) is 0 Å². The summed E-state index contributed by atoms with van der Waals surface area (Å²) in [5.74, 6) is 0.963. The van der Waals surface area contributed by atoms with Crippen LogP contribution in [-0.4, -0.2) is 49.1 Å². The van der Waals surface area contributed by atoms with Crippen molar-refractivity contribution < 1.29 is 9.53 Å². The molecule has 0 spiro atoms. The van der Waals surface area contributed by atoms with Crippen LogP contribution in [0.5, 0.6) is 0 Å². The van der Waals surface area contributed by atoms with Crippen molar-refractivity contribution in [1.29, 1.82) is 0 Å². The van der Waals surface area contributed by atoms with Crippen LogP contribution in [0.3, 0.4) is 0 Å². The fraction of sp³-hybridized carbons (Fsp3) is 0.917. The molecule has 1 unspecified atom stereocenters. The van der Waals surface area contributed by atoms with E-state index in [1.54, 1.807) is 0 Å². The Labute approximate surface area is 104 Å². The summed E-state index contributed by atoms with van der Waals surface area (Å²) in [5.41, 5.74) is 0. The lowest BCUT2D eigenvalue weighted by atomic mass is 10.2. The predicted molar refractivity (Wildman–Crippen MR) is 71.0 cm³/mol. The second-order valence-electron chi connectivity index (χ2n) is 4.01. The molecule has 0 rings (SSSR count). The van der Waals surface area contributed by atoms with E-state index in [1.807, 2.05) is 18.8 Å². The van der Waals surface area contributed by atoms with E-state index in [-0.39, 0.29) is 5.97 Å². The summed E-state index contributed by atoms with van der Waals surface area (Å²) >= 11 is 1.82. The molecule has 96 valence electrons. The first-order valence-corrected chi connectivity index (χ1v) is 7.39. The van der Waals surface area contributed by atoms with Gasteiger partial charge in [-0.1, -0.05) is 20.3 Å². The molecule has 0 saturated heterocycles. The SMILES string of the molecule is CCCCOC(=O)CN(C)C(CC)CSC. The third-order valence-electron chi connectivity index (χ3n) is 2.59. The summed E-state index contributed by atoms with van der Waals surface area (Å²) in [6.45, 7) is 5.20. The Morgan fingerprint density at radius 3 is 2.62 bits per heavy atom. The second-order valence-corrected chi connectivity index (χ2v) is 4.92. The number of esters is 1. The molecular weight excluding hydrogens is 222 g/mol. The lowest BCUT2D eigenvalue weighted by Gasteiger charge is -2.25. The number of carbonyl (C=O) groups is 1. The number of likely N-dealkylation sites (N-methyl/N-ethyl adjacent to an activating group) is 1. The van der Waals surface area contributed by atoms with Crippen molar-refractivity contribution in [2.24, 2.45) is 0 Å². The molecule has 16 heavy (non-hydrogen) atoms. The molecule has 0 aromatic rings. The Hall–Kier alpha value is -0.220. The van der Waals surface area contributed by atoms with Gasteiger partial charge >= 0.3 is 5.97 Å². The first-order valence-electron chi connectivity index (χ1n) is 6.00. The zero-order chi connectivity index (χ0) is 12.4. The molecular formula is C12H25NO2S. The first-order chi connectivity index (χ1) is 7.65. The minimum atomic E-state index is -0.101. The van der Waals surface area contributed by atoms with Gasteiger partial charge in [0.25, 0.3) is 0 Å². The van der Waals surface area contributed by atoms with Gasteiger partial charge in [0.1, 0.15) is 0 Å². The molecule has 0 radical (unpaired) electrons. The van der Waals surface area contributed by atoms with Gasteiger partial charge in [0.2, 0.25) is 0 Å². The molecule has 3 nitrogen and oxygen atoms in total.